The van der Waals surface area contributed by atoms with Crippen molar-refractivity contribution in [3.63, 3.8) is 0 Å². The fourth-order valence-electron chi connectivity index (χ4n) is 2.07. The quantitative estimate of drug-likeness (QED) is 0.857. The van der Waals surface area contributed by atoms with E-state index in [1.54, 1.807) is 6.92 Å². The number of carbonyl (C=O) groups is 1. The van der Waals surface area contributed by atoms with Crippen molar-refractivity contribution in [2.24, 2.45) is 5.92 Å². The summed E-state index contributed by atoms with van der Waals surface area (Å²) in [4.78, 5) is 14.2. The van der Waals surface area contributed by atoms with Crippen LogP contribution in [0.25, 0.3) is 0 Å². The number of rotatable bonds is 3. The Labute approximate surface area is 117 Å². The molecule has 0 aliphatic carbocycles. The maximum atomic E-state index is 12.0. The lowest BCUT2D eigenvalue weighted by molar-refractivity contribution is 0.0916. The Morgan fingerprint density at radius 2 is 2.47 bits per heavy atom. The highest BCUT2D eigenvalue weighted by Gasteiger charge is 2.20. The molecule has 6 nitrogen and oxygen atoms in total. The third-order valence-electron chi connectivity index (χ3n) is 3.18. The van der Waals surface area contributed by atoms with Gasteiger partial charge in [-0.25, -0.2) is 0 Å². The van der Waals surface area contributed by atoms with E-state index >= 15 is 0 Å². The minimum atomic E-state index is -0.249. The minimum absolute atomic E-state index is 0.249. The number of aryl methyl sites for hydroxylation is 1. The first-order chi connectivity index (χ1) is 9.08. The van der Waals surface area contributed by atoms with Gasteiger partial charge in [-0.3, -0.25) is 9.89 Å². The van der Waals surface area contributed by atoms with Crippen molar-refractivity contribution in [1.29, 1.82) is 0 Å². The Hall–Kier alpha value is -1.11. The summed E-state index contributed by atoms with van der Waals surface area (Å²) in [5.74, 6) is 0.0384. The first-order valence-electron chi connectivity index (χ1n) is 6.33. The van der Waals surface area contributed by atoms with Gasteiger partial charge < -0.3 is 15.0 Å². The fourth-order valence-corrected chi connectivity index (χ4v) is 2.24. The van der Waals surface area contributed by atoms with Gasteiger partial charge in [0, 0.05) is 25.6 Å². The molecule has 2 rings (SSSR count). The summed E-state index contributed by atoms with van der Waals surface area (Å²) in [7, 11) is 2.05. The fraction of sp³-hybridized carbons (Fsp3) is 0.667. The van der Waals surface area contributed by atoms with Gasteiger partial charge >= 0.3 is 0 Å². The van der Waals surface area contributed by atoms with E-state index in [0.29, 0.717) is 23.9 Å². The van der Waals surface area contributed by atoms with Crippen LogP contribution in [0.5, 0.6) is 0 Å². The number of nitrogens with one attached hydrogen (secondary N) is 2. The summed E-state index contributed by atoms with van der Waals surface area (Å²) >= 11 is 5.99. The number of likely N-dealkylation sites (N-methyl/N-ethyl adjacent to an activating group) is 1. The van der Waals surface area contributed by atoms with Gasteiger partial charge in [0.2, 0.25) is 0 Å². The predicted molar refractivity (Wildman–Crippen MR) is 72.5 cm³/mol. The van der Waals surface area contributed by atoms with Crippen molar-refractivity contribution in [1.82, 2.24) is 20.4 Å². The summed E-state index contributed by atoms with van der Waals surface area (Å²) in [5, 5.41) is 9.84. The molecular formula is C12H19ClN4O2. The number of hydrogen-bond acceptors (Lipinski definition) is 4. The van der Waals surface area contributed by atoms with E-state index in [1.807, 2.05) is 0 Å². The predicted octanol–water partition coefficient (Wildman–Crippen LogP) is 0.680. The van der Waals surface area contributed by atoms with E-state index in [0.717, 1.165) is 19.7 Å². The number of hydrogen-bond donors (Lipinski definition) is 2. The summed E-state index contributed by atoms with van der Waals surface area (Å²) in [6, 6.07) is 0. The second-order valence-electron chi connectivity index (χ2n) is 4.92. The molecule has 0 aromatic carbocycles. The van der Waals surface area contributed by atoms with Gasteiger partial charge in [-0.15, -0.1) is 0 Å². The number of aromatic nitrogens is 2. The normalized spacial score (nSPS) is 21.1. The molecule has 1 aromatic rings. The van der Waals surface area contributed by atoms with E-state index in [4.69, 9.17) is 16.3 Å². The van der Waals surface area contributed by atoms with Crippen molar-refractivity contribution >= 4 is 17.5 Å². The van der Waals surface area contributed by atoms with Gasteiger partial charge in [0.15, 0.2) is 5.69 Å². The average molecular weight is 287 g/mol. The van der Waals surface area contributed by atoms with Gasteiger partial charge in [0.05, 0.1) is 23.9 Å². The number of H-pyrrole nitrogens is 1. The van der Waals surface area contributed by atoms with E-state index in [1.165, 1.54) is 0 Å². The molecule has 19 heavy (non-hydrogen) atoms. The van der Waals surface area contributed by atoms with Crippen LogP contribution < -0.4 is 5.32 Å². The Morgan fingerprint density at radius 1 is 1.68 bits per heavy atom. The van der Waals surface area contributed by atoms with Crippen LogP contribution >= 0.6 is 11.6 Å². The topological polar surface area (TPSA) is 70.2 Å². The molecule has 1 fully saturated rings. The smallest absolute Gasteiger partial charge is 0.273 e. The van der Waals surface area contributed by atoms with Crippen molar-refractivity contribution < 1.29 is 9.53 Å². The number of ether oxygens (including phenoxy) is 1. The van der Waals surface area contributed by atoms with Crippen LogP contribution in [0.4, 0.5) is 0 Å². The monoisotopic (exact) mass is 286 g/mol. The Balaban J connectivity index is 1.87. The molecule has 0 unspecified atom stereocenters. The van der Waals surface area contributed by atoms with Crippen LogP contribution in [-0.2, 0) is 4.74 Å². The highest BCUT2D eigenvalue weighted by Crippen LogP contribution is 2.16. The molecular weight excluding hydrogens is 268 g/mol. The molecule has 0 bridgehead atoms. The Bertz CT molecular complexity index is 449. The highest BCUT2D eigenvalue weighted by molar-refractivity contribution is 6.34. The van der Waals surface area contributed by atoms with E-state index < -0.39 is 0 Å². The third kappa shape index (κ3) is 3.68. The van der Waals surface area contributed by atoms with Gasteiger partial charge in [-0.2, -0.15) is 5.10 Å². The van der Waals surface area contributed by atoms with Gasteiger partial charge in [0.25, 0.3) is 5.91 Å². The average Bonchev–Trinajstić information content (AvgIpc) is 2.60. The molecule has 1 aliphatic rings. The zero-order valence-corrected chi connectivity index (χ0v) is 12.0. The van der Waals surface area contributed by atoms with Crippen LogP contribution in [0.1, 0.15) is 16.2 Å². The number of aromatic amines is 1. The molecule has 0 spiro atoms. The Morgan fingerprint density at radius 3 is 3.16 bits per heavy atom. The molecule has 1 aliphatic heterocycles. The van der Waals surface area contributed by atoms with Gasteiger partial charge in [-0.1, -0.05) is 11.6 Å². The summed E-state index contributed by atoms with van der Waals surface area (Å²) in [5.41, 5.74) is 0.950. The third-order valence-corrected chi connectivity index (χ3v) is 3.64. The lowest BCUT2D eigenvalue weighted by atomic mass is 10.1. The molecule has 2 heterocycles. The van der Waals surface area contributed by atoms with Gasteiger partial charge in [0.1, 0.15) is 0 Å². The lowest BCUT2D eigenvalue weighted by Gasteiger charge is -2.18. The number of amides is 1. The summed E-state index contributed by atoms with van der Waals surface area (Å²) in [6.45, 7) is 5.58. The first-order valence-corrected chi connectivity index (χ1v) is 6.70. The lowest BCUT2D eigenvalue weighted by Crippen LogP contribution is -2.36. The van der Waals surface area contributed by atoms with Crippen LogP contribution in [0.3, 0.4) is 0 Å². The SMILES string of the molecule is Cc1[nH]nc(C(=O)NC[C@H]2COCCN(C)C2)c1Cl. The molecule has 0 radical (unpaired) electrons. The summed E-state index contributed by atoms with van der Waals surface area (Å²) < 4.78 is 5.50. The van der Waals surface area contributed by atoms with E-state index in [2.05, 4.69) is 27.5 Å². The van der Waals surface area contributed by atoms with Crippen LogP contribution in [-0.4, -0.2) is 60.9 Å². The molecule has 1 saturated heterocycles. The Kier molecular flexibility index (Phi) is 4.79. The molecule has 0 saturated carbocycles. The maximum Gasteiger partial charge on any atom is 0.273 e. The second kappa shape index (κ2) is 6.36. The molecule has 1 atom stereocenters. The number of halogens is 1. The van der Waals surface area contributed by atoms with Crippen molar-refractivity contribution in [3.8, 4) is 0 Å². The van der Waals surface area contributed by atoms with Crippen LogP contribution in [0.15, 0.2) is 0 Å². The van der Waals surface area contributed by atoms with Gasteiger partial charge in [-0.05, 0) is 14.0 Å². The van der Waals surface area contributed by atoms with Crippen LogP contribution in [0, 0.1) is 12.8 Å². The summed E-state index contributed by atoms with van der Waals surface area (Å²) in [6.07, 6.45) is 0. The zero-order valence-electron chi connectivity index (χ0n) is 11.2. The molecule has 2 N–H and O–H groups in total. The first kappa shape index (κ1) is 14.3. The molecule has 1 aromatic heterocycles. The highest BCUT2D eigenvalue weighted by atomic mass is 35.5. The zero-order chi connectivity index (χ0) is 13.8. The van der Waals surface area contributed by atoms with Crippen molar-refractivity contribution in [2.75, 3.05) is 39.9 Å². The van der Waals surface area contributed by atoms with Crippen molar-refractivity contribution in [3.05, 3.63) is 16.4 Å². The van der Waals surface area contributed by atoms with E-state index in [9.17, 15) is 4.79 Å². The molecule has 106 valence electrons. The maximum absolute atomic E-state index is 12.0. The van der Waals surface area contributed by atoms with Crippen molar-refractivity contribution in [2.45, 2.75) is 6.92 Å². The second-order valence-corrected chi connectivity index (χ2v) is 5.30. The van der Waals surface area contributed by atoms with E-state index in [-0.39, 0.29) is 17.5 Å². The number of carbonyl (C=O) groups excluding carboxylic acids is 1. The largest absolute Gasteiger partial charge is 0.380 e. The molecule has 1 amide bonds. The number of nitrogens with zero attached hydrogens (tertiary/aromatic N) is 2. The molecule has 7 heteroatoms. The standard InChI is InChI=1S/C12H19ClN4O2/c1-8-10(13)11(16-15-8)12(18)14-5-9-6-17(2)3-4-19-7-9/h9H,3-7H2,1-2H3,(H,14,18)(H,15,16)/t9-/m1/s1. The van der Waals surface area contributed by atoms with Crippen LogP contribution in [0.2, 0.25) is 5.02 Å². The minimum Gasteiger partial charge on any atom is -0.380 e.